The molecule has 0 bridgehead atoms. The van der Waals surface area contributed by atoms with E-state index >= 15 is 0 Å². The van der Waals surface area contributed by atoms with Gasteiger partial charge in [0.05, 0.1) is 17.4 Å². The fourth-order valence-corrected chi connectivity index (χ4v) is 2.37. The van der Waals surface area contributed by atoms with Crippen molar-refractivity contribution >= 4 is 22.9 Å². The molecular weight excluding hydrogens is 348 g/mol. The second-order valence-electron chi connectivity index (χ2n) is 5.28. The van der Waals surface area contributed by atoms with E-state index in [1.807, 2.05) is 0 Å². The topological polar surface area (TPSA) is 112 Å². The number of rotatable bonds is 4. The number of hydrogen-bond donors (Lipinski definition) is 3. The quantitative estimate of drug-likeness (QED) is 0.658. The molecular formula is C17H11F2N3O4. The van der Waals surface area contributed by atoms with E-state index in [4.69, 9.17) is 5.11 Å². The van der Waals surface area contributed by atoms with E-state index in [0.717, 1.165) is 6.07 Å². The van der Waals surface area contributed by atoms with Crippen LogP contribution in [-0.2, 0) is 4.79 Å². The van der Waals surface area contributed by atoms with Crippen LogP contribution in [0.3, 0.4) is 0 Å². The number of nitrogens with one attached hydrogen (secondary N) is 1. The Hall–Kier alpha value is -3.62. The first-order valence-corrected chi connectivity index (χ1v) is 7.31. The maximum atomic E-state index is 13.9. The molecule has 3 N–H and O–H groups in total. The molecule has 0 aliphatic heterocycles. The molecule has 1 heterocycles. The van der Waals surface area contributed by atoms with Crippen molar-refractivity contribution in [3.8, 4) is 17.0 Å². The fourth-order valence-electron chi connectivity index (χ4n) is 2.37. The number of hydrogen-bond acceptors (Lipinski definition) is 5. The van der Waals surface area contributed by atoms with Crippen LogP contribution in [0.25, 0.3) is 22.3 Å². The van der Waals surface area contributed by atoms with Gasteiger partial charge in [-0.15, -0.1) is 0 Å². The summed E-state index contributed by atoms with van der Waals surface area (Å²) in [5.74, 6) is -4.06. The van der Waals surface area contributed by atoms with Crippen LogP contribution in [0.15, 0.2) is 36.5 Å². The largest absolute Gasteiger partial charge is 0.507 e. The molecule has 3 rings (SSSR count). The minimum absolute atomic E-state index is 0.0131. The Morgan fingerprint density at radius 1 is 1.15 bits per heavy atom. The lowest BCUT2D eigenvalue weighted by atomic mass is 10.1. The second kappa shape index (κ2) is 6.71. The number of carboxylic acids is 1. The van der Waals surface area contributed by atoms with Gasteiger partial charge in [0.1, 0.15) is 35.0 Å². The molecule has 0 aliphatic rings. The molecule has 0 radical (unpaired) electrons. The smallest absolute Gasteiger partial charge is 0.322 e. The van der Waals surface area contributed by atoms with Crippen molar-refractivity contribution < 1.29 is 28.6 Å². The third-order valence-electron chi connectivity index (χ3n) is 3.53. The summed E-state index contributed by atoms with van der Waals surface area (Å²) in [7, 11) is 0. The van der Waals surface area contributed by atoms with Crippen LogP contribution >= 0.6 is 0 Å². The average molecular weight is 359 g/mol. The second-order valence-corrected chi connectivity index (χ2v) is 5.28. The maximum Gasteiger partial charge on any atom is 0.322 e. The third-order valence-corrected chi connectivity index (χ3v) is 3.53. The first kappa shape index (κ1) is 17.2. The van der Waals surface area contributed by atoms with Gasteiger partial charge in [-0.25, -0.2) is 13.8 Å². The number of carbonyl (C=O) groups excluding carboxylic acids is 1. The van der Waals surface area contributed by atoms with Gasteiger partial charge >= 0.3 is 5.97 Å². The van der Waals surface area contributed by atoms with Crippen molar-refractivity contribution in [1.82, 2.24) is 15.3 Å². The van der Waals surface area contributed by atoms with E-state index in [2.05, 4.69) is 15.3 Å². The van der Waals surface area contributed by atoms with Crippen molar-refractivity contribution in [2.45, 2.75) is 0 Å². The first-order valence-electron chi connectivity index (χ1n) is 7.31. The Labute approximate surface area is 144 Å². The number of carbonyl (C=O) groups is 2. The maximum absolute atomic E-state index is 13.9. The number of amides is 1. The highest BCUT2D eigenvalue weighted by Gasteiger charge is 2.19. The van der Waals surface area contributed by atoms with Crippen molar-refractivity contribution in [2.75, 3.05) is 6.54 Å². The minimum Gasteiger partial charge on any atom is -0.507 e. The Morgan fingerprint density at radius 3 is 2.62 bits per heavy atom. The van der Waals surface area contributed by atoms with Crippen molar-refractivity contribution in [1.29, 1.82) is 0 Å². The summed E-state index contributed by atoms with van der Waals surface area (Å²) in [6, 6.07) is 5.56. The van der Waals surface area contributed by atoms with Gasteiger partial charge in [0, 0.05) is 11.6 Å². The van der Waals surface area contributed by atoms with Crippen LogP contribution in [0, 0.1) is 11.6 Å². The van der Waals surface area contributed by atoms with Gasteiger partial charge in [-0.3, -0.25) is 14.6 Å². The molecule has 26 heavy (non-hydrogen) atoms. The van der Waals surface area contributed by atoms with Gasteiger partial charge in [-0.2, -0.15) is 0 Å². The highest BCUT2D eigenvalue weighted by Crippen LogP contribution is 2.28. The molecule has 0 aliphatic carbocycles. The SMILES string of the molecule is O=C(O)CNC(=O)c1c(O)ccc2nc(-c3ccc(F)cc3F)cnc12. The number of aromatic nitrogens is 2. The zero-order valence-corrected chi connectivity index (χ0v) is 13.0. The normalized spacial score (nSPS) is 10.7. The Balaban J connectivity index is 2.08. The molecule has 1 aromatic heterocycles. The summed E-state index contributed by atoms with van der Waals surface area (Å²) in [5.41, 5.74) is 0.0642. The van der Waals surface area contributed by atoms with Crippen LogP contribution in [0.4, 0.5) is 8.78 Å². The van der Waals surface area contributed by atoms with E-state index in [1.54, 1.807) is 0 Å². The third kappa shape index (κ3) is 3.27. The average Bonchev–Trinajstić information content (AvgIpc) is 2.59. The summed E-state index contributed by atoms with van der Waals surface area (Å²) in [6.45, 7) is -0.638. The summed E-state index contributed by atoms with van der Waals surface area (Å²) in [4.78, 5) is 30.9. The standard InChI is InChI=1S/C17H11F2N3O4/c18-8-1-2-9(10(19)5-8)12-6-20-16-11(22-12)3-4-13(23)15(16)17(26)21-7-14(24)25/h1-6,23H,7H2,(H,21,26)(H,24,25). The monoisotopic (exact) mass is 359 g/mol. The summed E-state index contributed by atoms with van der Waals surface area (Å²) < 4.78 is 27.0. The van der Waals surface area contributed by atoms with E-state index in [-0.39, 0.29) is 27.9 Å². The summed E-state index contributed by atoms with van der Waals surface area (Å²) in [5, 5.41) is 20.7. The number of aliphatic carboxylic acids is 1. The van der Waals surface area contributed by atoms with Gasteiger partial charge in [0.25, 0.3) is 5.91 Å². The van der Waals surface area contributed by atoms with Crippen LogP contribution in [0.1, 0.15) is 10.4 Å². The minimum atomic E-state index is -1.25. The number of aromatic hydroxyl groups is 1. The van der Waals surface area contributed by atoms with E-state index in [9.17, 15) is 23.5 Å². The lowest BCUT2D eigenvalue weighted by molar-refractivity contribution is -0.135. The zero-order chi connectivity index (χ0) is 18.8. The molecule has 0 unspecified atom stereocenters. The number of nitrogens with zero attached hydrogens (tertiary/aromatic N) is 2. The van der Waals surface area contributed by atoms with Crippen LogP contribution < -0.4 is 5.32 Å². The molecule has 3 aromatic rings. The van der Waals surface area contributed by atoms with Crippen LogP contribution in [-0.4, -0.2) is 38.6 Å². The molecule has 1 amide bonds. The molecule has 9 heteroatoms. The van der Waals surface area contributed by atoms with Gasteiger partial charge in [-0.1, -0.05) is 0 Å². The first-order chi connectivity index (χ1) is 12.4. The summed E-state index contributed by atoms with van der Waals surface area (Å²) >= 11 is 0. The Kier molecular flexibility index (Phi) is 4.44. The van der Waals surface area contributed by atoms with E-state index < -0.39 is 35.8 Å². The number of fused-ring (bicyclic) bond motifs is 1. The van der Waals surface area contributed by atoms with Crippen molar-refractivity contribution in [2.24, 2.45) is 0 Å². The summed E-state index contributed by atoms with van der Waals surface area (Å²) in [6.07, 6.45) is 1.17. The number of carboxylic acid groups (broad SMARTS) is 1. The van der Waals surface area contributed by atoms with Gasteiger partial charge in [-0.05, 0) is 24.3 Å². The number of benzene rings is 2. The van der Waals surface area contributed by atoms with Gasteiger partial charge in [0.2, 0.25) is 0 Å². The van der Waals surface area contributed by atoms with Gasteiger partial charge < -0.3 is 15.5 Å². The highest BCUT2D eigenvalue weighted by atomic mass is 19.1. The molecule has 7 nitrogen and oxygen atoms in total. The Bertz CT molecular complexity index is 1040. The van der Waals surface area contributed by atoms with Gasteiger partial charge in [0.15, 0.2) is 0 Å². The van der Waals surface area contributed by atoms with E-state index in [1.165, 1.54) is 24.4 Å². The van der Waals surface area contributed by atoms with Crippen LogP contribution in [0.5, 0.6) is 5.75 Å². The molecule has 0 atom stereocenters. The molecule has 0 spiro atoms. The number of phenols is 1. The molecule has 0 saturated heterocycles. The molecule has 0 saturated carbocycles. The predicted molar refractivity (Wildman–Crippen MR) is 86.5 cm³/mol. The number of phenolic OH excluding ortho intramolecular Hbond substituents is 1. The van der Waals surface area contributed by atoms with Crippen LogP contribution in [0.2, 0.25) is 0 Å². The lowest BCUT2D eigenvalue weighted by Gasteiger charge is -2.09. The Morgan fingerprint density at radius 2 is 1.92 bits per heavy atom. The lowest BCUT2D eigenvalue weighted by Crippen LogP contribution is -2.29. The predicted octanol–water partition coefficient (Wildman–Crippen LogP) is 2.09. The van der Waals surface area contributed by atoms with E-state index in [0.29, 0.717) is 6.07 Å². The highest BCUT2D eigenvalue weighted by molar-refractivity contribution is 6.08. The van der Waals surface area contributed by atoms with Crippen molar-refractivity contribution in [3.05, 3.63) is 53.7 Å². The zero-order valence-electron chi connectivity index (χ0n) is 13.0. The van der Waals surface area contributed by atoms with Crippen molar-refractivity contribution in [3.63, 3.8) is 0 Å². The molecule has 0 fully saturated rings. The molecule has 2 aromatic carbocycles. The number of halogens is 2. The molecule has 132 valence electrons. The fraction of sp³-hybridized carbons (Fsp3) is 0.0588.